The van der Waals surface area contributed by atoms with Gasteiger partial charge in [0.2, 0.25) is 0 Å². The summed E-state index contributed by atoms with van der Waals surface area (Å²) in [6.07, 6.45) is 0. The maximum absolute atomic E-state index is 5.60. The molecule has 2 aromatic carbocycles. The number of rotatable bonds is 5. The van der Waals surface area contributed by atoms with Gasteiger partial charge in [-0.2, -0.15) is 0 Å². The number of aromatic nitrogens is 1. The van der Waals surface area contributed by atoms with Crippen molar-refractivity contribution in [3.05, 3.63) is 53.5 Å². The van der Waals surface area contributed by atoms with Crippen molar-refractivity contribution in [1.82, 2.24) is 4.98 Å². The summed E-state index contributed by atoms with van der Waals surface area (Å²) in [6.45, 7) is 3.37. The number of ether oxygens (including phenoxy) is 1. The van der Waals surface area contributed by atoms with Crippen molar-refractivity contribution in [1.29, 1.82) is 0 Å². The molecular weight excluding hydrogens is 268 g/mol. The topological polar surface area (TPSA) is 34.1 Å². The normalized spacial score (nSPS) is 10.7. The average molecular weight is 284 g/mol. The van der Waals surface area contributed by atoms with Gasteiger partial charge in [-0.3, -0.25) is 0 Å². The first-order valence-electron chi connectivity index (χ1n) is 6.67. The van der Waals surface area contributed by atoms with Gasteiger partial charge in [-0.1, -0.05) is 24.3 Å². The van der Waals surface area contributed by atoms with Crippen molar-refractivity contribution < 1.29 is 4.74 Å². The summed E-state index contributed by atoms with van der Waals surface area (Å²) in [5.74, 6) is 0.885. The van der Waals surface area contributed by atoms with Crippen molar-refractivity contribution in [2.24, 2.45) is 0 Å². The van der Waals surface area contributed by atoms with Crippen molar-refractivity contribution in [2.75, 3.05) is 11.9 Å². The molecule has 0 bridgehead atoms. The zero-order valence-corrected chi connectivity index (χ0v) is 12.1. The van der Waals surface area contributed by atoms with E-state index in [1.54, 1.807) is 11.3 Å². The standard InChI is InChI=1S/C16H16N2OS/c1-2-19-14-9-5-3-7-12(14)17-11-16-18-13-8-4-6-10-15(13)20-16/h3-10,17H,2,11H2,1H3. The van der Waals surface area contributed by atoms with E-state index >= 15 is 0 Å². The summed E-state index contributed by atoms with van der Waals surface area (Å²) in [5.41, 5.74) is 2.07. The molecule has 3 nitrogen and oxygen atoms in total. The van der Waals surface area contributed by atoms with Crippen LogP contribution < -0.4 is 10.1 Å². The second-order valence-electron chi connectivity index (χ2n) is 4.36. The summed E-state index contributed by atoms with van der Waals surface area (Å²) in [4.78, 5) is 4.62. The lowest BCUT2D eigenvalue weighted by Crippen LogP contribution is -2.02. The van der Waals surface area contributed by atoms with Gasteiger partial charge in [-0.25, -0.2) is 4.98 Å². The number of hydrogen-bond donors (Lipinski definition) is 1. The van der Waals surface area contributed by atoms with Gasteiger partial charge in [0.25, 0.3) is 0 Å². The highest BCUT2D eigenvalue weighted by atomic mass is 32.1. The average Bonchev–Trinajstić information content (AvgIpc) is 2.89. The Labute approximate surface area is 122 Å². The van der Waals surface area contributed by atoms with Gasteiger partial charge in [-0.05, 0) is 31.2 Å². The predicted molar refractivity (Wildman–Crippen MR) is 84.6 cm³/mol. The van der Waals surface area contributed by atoms with Gasteiger partial charge in [0.05, 0.1) is 29.1 Å². The fourth-order valence-electron chi connectivity index (χ4n) is 2.06. The van der Waals surface area contributed by atoms with Gasteiger partial charge < -0.3 is 10.1 Å². The summed E-state index contributed by atoms with van der Waals surface area (Å²) >= 11 is 1.72. The van der Waals surface area contributed by atoms with Gasteiger partial charge in [-0.15, -0.1) is 11.3 Å². The number of hydrogen-bond acceptors (Lipinski definition) is 4. The third kappa shape index (κ3) is 2.75. The largest absolute Gasteiger partial charge is 0.492 e. The molecule has 20 heavy (non-hydrogen) atoms. The monoisotopic (exact) mass is 284 g/mol. The number of fused-ring (bicyclic) bond motifs is 1. The van der Waals surface area contributed by atoms with E-state index < -0.39 is 0 Å². The minimum atomic E-state index is 0.666. The molecule has 0 fully saturated rings. The van der Waals surface area contributed by atoms with Crippen LogP contribution in [0.1, 0.15) is 11.9 Å². The van der Waals surface area contributed by atoms with E-state index in [0.717, 1.165) is 22.0 Å². The molecule has 4 heteroatoms. The van der Waals surface area contributed by atoms with Crippen LogP contribution in [0, 0.1) is 0 Å². The number of nitrogens with zero attached hydrogens (tertiary/aromatic N) is 1. The molecule has 0 unspecified atom stereocenters. The zero-order chi connectivity index (χ0) is 13.8. The lowest BCUT2D eigenvalue weighted by Gasteiger charge is -2.10. The van der Waals surface area contributed by atoms with Gasteiger partial charge in [0.15, 0.2) is 0 Å². The van der Waals surface area contributed by atoms with Crippen LogP contribution in [0.2, 0.25) is 0 Å². The van der Waals surface area contributed by atoms with Crippen LogP contribution in [0.25, 0.3) is 10.2 Å². The van der Waals surface area contributed by atoms with Crippen LogP contribution in [0.15, 0.2) is 48.5 Å². The summed E-state index contributed by atoms with van der Waals surface area (Å²) < 4.78 is 6.83. The molecular formula is C16H16N2OS. The van der Waals surface area contributed by atoms with E-state index in [4.69, 9.17) is 4.74 Å². The molecule has 0 spiro atoms. The minimum absolute atomic E-state index is 0.666. The van der Waals surface area contributed by atoms with E-state index in [1.807, 2.05) is 49.4 Å². The maximum atomic E-state index is 5.60. The Bertz CT molecular complexity index is 675. The van der Waals surface area contributed by atoms with Crippen LogP contribution in [-0.2, 0) is 6.54 Å². The summed E-state index contributed by atoms with van der Waals surface area (Å²) in [5, 5.41) is 4.48. The SMILES string of the molecule is CCOc1ccccc1NCc1nc2ccccc2s1. The van der Waals surface area contributed by atoms with Gasteiger partial charge in [0.1, 0.15) is 10.8 Å². The Morgan fingerprint density at radius 3 is 2.75 bits per heavy atom. The molecule has 1 aromatic heterocycles. The molecule has 0 aliphatic heterocycles. The second-order valence-corrected chi connectivity index (χ2v) is 5.47. The molecule has 0 atom stereocenters. The van der Waals surface area contributed by atoms with E-state index in [2.05, 4.69) is 16.4 Å². The Hall–Kier alpha value is -2.07. The van der Waals surface area contributed by atoms with Crippen LogP contribution in [0.4, 0.5) is 5.69 Å². The molecule has 1 N–H and O–H groups in total. The first-order valence-corrected chi connectivity index (χ1v) is 7.48. The van der Waals surface area contributed by atoms with Crippen LogP contribution in [0.5, 0.6) is 5.75 Å². The molecule has 0 aliphatic carbocycles. The molecule has 3 rings (SSSR count). The van der Waals surface area contributed by atoms with Crippen LogP contribution >= 0.6 is 11.3 Å². The maximum Gasteiger partial charge on any atom is 0.142 e. The van der Waals surface area contributed by atoms with E-state index in [-0.39, 0.29) is 0 Å². The minimum Gasteiger partial charge on any atom is -0.492 e. The lowest BCUT2D eigenvalue weighted by atomic mass is 10.3. The molecule has 0 saturated carbocycles. The Morgan fingerprint density at radius 1 is 1.10 bits per heavy atom. The molecule has 0 radical (unpaired) electrons. The van der Waals surface area contributed by atoms with Gasteiger partial charge in [0, 0.05) is 0 Å². The smallest absolute Gasteiger partial charge is 0.142 e. The van der Waals surface area contributed by atoms with E-state index in [9.17, 15) is 0 Å². The molecule has 1 heterocycles. The first kappa shape index (κ1) is 12.9. The van der Waals surface area contributed by atoms with E-state index in [1.165, 1.54) is 4.70 Å². The van der Waals surface area contributed by atoms with Crippen molar-refractivity contribution >= 4 is 27.2 Å². The Kier molecular flexibility index (Phi) is 3.83. The number of anilines is 1. The number of para-hydroxylation sites is 3. The third-order valence-electron chi connectivity index (χ3n) is 2.96. The summed E-state index contributed by atoms with van der Waals surface area (Å²) in [7, 11) is 0. The molecule has 0 amide bonds. The fraction of sp³-hybridized carbons (Fsp3) is 0.188. The lowest BCUT2D eigenvalue weighted by molar-refractivity contribution is 0.341. The Balaban J connectivity index is 1.76. The highest BCUT2D eigenvalue weighted by molar-refractivity contribution is 7.18. The van der Waals surface area contributed by atoms with Gasteiger partial charge >= 0.3 is 0 Å². The predicted octanol–water partition coefficient (Wildman–Crippen LogP) is 4.31. The van der Waals surface area contributed by atoms with Crippen LogP contribution in [-0.4, -0.2) is 11.6 Å². The van der Waals surface area contributed by atoms with Crippen molar-refractivity contribution in [3.8, 4) is 5.75 Å². The quantitative estimate of drug-likeness (QED) is 0.758. The highest BCUT2D eigenvalue weighted by Gasteiger charge is 2.05. The molecule has 0 saturated heterocycles. The Morgan fingerprint density at radius 2 is 1.90 bits per heavy atom. The third-order valence-corrected chi connectivity index (χ3v) is 3.99. The zero-order valence-electron chi connectivity index (χ0n) is 11.3. The van der Waals surface area contributed by atoms with Crippen molar-refractivity contribution in [3.63, 3.8) is 0 Å². The number of thiazole rings is 1. The second kappa shape index (κ2) is 5.92. The number of nitrogens with one attached hydrogen (secondary N) is 1. The van der Waals surface area contributed by atoms with Crippen LogP contribution in [0.3, 0.4) is 0 Å². The number of benzene rings is 2. The van der Waals surface area contributed by atoms with E-state index in [0.29, 0.717) is 13.2 Å². The molecule has 3 aromatic rings. The molecule has 0 aliphatic rings. The van der Waals surface area contributed by atoms with Crippen molar-refractivity contribution in [2.45, 2.75) is 13.5 Å². The first-order chi connectivity index (χ1) is 9.86. The molecule has 102 valence electrons. The highest BCUT2D eigenvalue weighted by Crippen LogP contribution is 2.26. The fourth-order valence-corrected chi connectivity index (χ4v) is 2.97. The summed E-state index contributed by atoms with van der Waals surface area (Å²) in [6, 6.07) is 16.2.